The van der Waals surface area contributed by atoms with Crippen molar-refractivity contribution >= 4 is 39.5 Å². The van der Waals surface area contributed by atoms with Crippen molar-refractivity contribution in [3.8, 4) is 28.8 Å². The van der Waals surface area contributed by atoms with E-state index in [0.717, 1.165) is 5.56 Å². The number of nitrogens with one attached hydrogen (secondary N) is 1. The van der Waals surface area contributed by atoms with Crippen LogP contribution in [0, 0.1) is 11.5 Å². The van der Waals surface area contributed by atoms with Gasteiger partial charge in [0.25, 0.3) is 10.0 Å². The molecule has 0 spiro atoms. The van der Waals surface area contributed by atoms with E-state index in [4.69, 9.17) is 28.5 Å². The molecule has 35 heavy (non-hydrogen) atoms. The van der Waals surface area contributed by atoms with Crippen molar-refractivity contribution in [1.82, 2.24) is 14.4 Å². The van der Waals surface area contributed by atoms with Gasteiger partial charge in [0, 0.05) is 16.1 Å². The number of hydrogen-bond acceptors (Lipinski definition) is 6. The third-order valence-electron chi connectivity index (χ3n) is 5.17. The summed E-state index contributed by atoms with van der Waals surface area (Å²) in [6.45, 7) is 0.203. The molecule has 0 bridgehead atoms. The molecule has 3 aromatic carbocycles. The zero-order valence-corrected chi connectivity index (χ0v) is 20.2. The number of carbonyl (C=O) groups is 1. The van der Waals surface area contributed by atoms with Gasteiger partial charge < -0.3 is 9.40 Å². The van der Waals surface area contributed by atoms with Crippen molar-refractivity contribution in [2.45, 2.75) is 11.4 Å². The Balaban J connectivity index is 1.74. The Hall–Kier alpha value is -3.68. The summed E-state index contributed by atoms with van der Waals surface area (Å²) in [6, 6.07) is 20.6. The van der Waals surface area contributed by atoms with Gasteiger partial charge in [-0.2, -0.15) is 0 Å². The zero-order chi connectivity index (χ0) is 25.0. The van der Waals surface area contributed by atoms with Crippen LogP contribution in [0.4, 0.5) is 0 Å². The lowest BCUT2D eigenvalue weighted by Gasteiger charge is -2.14. The van der Waals surface area contributed by atoms with E-state index in [1.165, 1.54) is 12.3 Å². The van der Waals surface area contributed by atoms with Crippen molar-refractivity contribution < 1.29 is 18.0 Å². The van der Waals surface area contributed by atoms with E-state index >= 15 is 0 Å². The van der Waals surface area contributed by atoms with Gasteiger partial charge in [-0.25, -0.2) is 13.4 Å². The molecule has 176 valence electrons. The molecule has 1 N–H and O–H groups in total. The van der Waals surface area contributed by atoms with E-state index in [-0.39, 0.29) is 22.3 Å². The van der Waals surface area contributed by atoms with Gasteiger partial charge >= 0.3 is 6.26 Å². The molecular weight excluding hydrogens is 511 g/mol. The molecule has 0 unspecified atom stereocenters. The monoisotopic (exact) mass is 526 g/mol. The Labute approximate surface area is 211 Å². The number of sulfonamides is 1. The summed E-state index contributed by atoms with van der Waals surface area (Å²) in [6.07, 6.45) is 1.91. The van der Waals surface area contributed by atoms with Gasteiger partial charge in [-0.3, -0.25) is 4.79 Å². The Bertz CT molecular complexity index is 1550. The van der Waals surface area contributed by atoms with Gasteiger partial charge in [0.15, 0.2) is 11.4 Å². The van der Waals surface area contributed by atoms with Crippen molar-refractivity contribution in [3.05, 3.63) is 94.2 Å². The first-order valence-corrected chi connectivity index (χ1v) is 12.3. The second-order valence-electron chi connectivity index (χ2n) is 7.26. The van der Waals surface area contributed by atoms with E-state index in [0.29, 0.717) is 33.8 Å². The second kappa shape index (κ2) is 10.3. The highest BCUT2D eigenvalue weighted by molar-refractivity contribution is 7.89. The highest BCUT2D eigenvalue weighted by Crippen LogP contribution is 2.32. The number of imidazole rings is 1. The van der Waals surface area contributed by atoms with E-state index in [2.05, 4.69) is 9.82 Å². The fraction of sp³-hybridized carbons (Fsp3) is 0.0417. The molecule has 0 saturated heterocycles. The van der Waals surface area contributed by atoms with Crippen LogP contribution < -0.4 is 4.89 Å². The van der Waals surface area contributed by atoms with E-state index in [1.54, 1.807) is 45.9 Å². The van der Waals surface area contributed by atoms with Crippen LogP contribution in [0.25, 0.3) is 22.5 Å². The highest BCUT2D eigenvalue weighted by atomic mass is 35.5. The van der Waals surface area contributed by atoms with Gasteiger partial charge in [0.2, 0.25) is 0 Å². The van der Waals surface area contributed by atoms with Gasteiger partial charge in [0.1, 0.15) is 11.5 Å². The van der Waals surface area contributed by atoms with Crippen molar-refractivity contribution in [2.24, 2.45) is 0 Å². The quantitative estimate of drug-likeness (QED) is 0.194. The lowest BCUT2D eigenvalue weighted by Crippen LogP contribution is -2.22. The molecule has 4 aromatic rings. The molecule has 11 heteroatoms. The maximum atomic E-state index is 12.5. The maximum Gasteiger partial charge on any atom is 0.308 e. The molecule has 0 amide bonds. The normalized spacial score (nSPS) is 11.1. The predicted molar refractivity (Wildman–Crippen MR) is 131 cm³/mol. The predicted octanol–water partition coefficient (Wildman–Crippen LogP) is 5.08. The number of halogens is 2. The van der Waals surface area contributed by atoms with Crippen LogP contribution in [0.1, 0.15) is 16.1 Å². The molecule has 8 nitrogen and oxygen atoms in total. The molecular formula is C24H16Cl2N4O4S. The molecule has 0 aliphatic carbocycles. The maximum absolute atomic E-state index is 12.5. The number of aromatic nitrogens is 2. The lowest BCUT2D eigenvalue weighted by molar-refractivity contribution is 0.111. The topological polar surface area (TPSA) is 114 Å². The van der Waals surface area contributed by atoms with E-state index < -0.39 is 10.0 Å². The average Bonchev–Trinajstić information content (AvgIpc) is 3.19. The third kappa shape index (κ3) is 5.06. The number of benzene rings is 3. The second-order valence-corrected chi connectivity index (χ2v) is 9.64. The average molecular weight is 527 g/mol. The van der Waals surface area contributed by atoms with Crippen molar-refractivity contribution in [1.29, 1.82) is 5.26 Å². The zero-order valence-electron chi connectivity index (χ0n) is 17.9. The molecule has 4 rings (SSSR count). The first-order chi connectivity index (χ1) is 16.9. The fourth-order valence-corrected chi connectivity index (χ4v) is 5.02. The fourth-order valence-electron chi connectivity index (χ4n) is 3.59. The Kier molecular flexibility index (Phi) is 7.19. The van der Waals surface area contributed by atoms with E-state index in [1.807, 2.05) is 30.3 Å². The number of aldehydes is 1. The van der Waals surface area contributed by atoms with Crippen LogP contribution in [-0.2, 0) is 21.4 Å². The minimum absolute atomic E-state index is 0.0813. The van der Waals surface area contributed by atoms with Crippen LogP contribution >= 0.6 is 23.2 Å². The van der Waals surface area contributed by atoms with Crippen LogP contribution in [0.5, 0.6) is 0 Å². The van der Waals surface area contributed by atoms with Gasteiger partial charge in [0.05, 0.1) is 11.4 Å². The summed E-state index contributed by atoms with van der Waals surface area (Å²) in [5.41, 5.74) is 2.54. The van der Waals surface area contributed by atoms with Crippen molar-refractivity contribution in [2.75, 3.05) is 0 Å². The summed E-state index contributed by atoms with van der Waals surface area (Å²) < 4.78 is 26.8. The first kappa shape index (κ1) is 24.4. The van der Waals surface area contributed by atoms with Crippen LogP contribution in [0.15, 0.2) is 77.7 Å². The molecule has 1 aromatic heterocycles. The lowest BCUT2D eigenvalue weighted by atomic mass is 10.0. The molecule has 0 aliphatic rings. The van der Waals surface area contributed by atoms with Crippen LogP contribution in [0.2, 0.25) is 10.2 Å². The number of nitriles is 1. The number of hydrogen-bond donors (Lipinski definition) is 1. The Morgan fingerprint density at radius 2 is 1.74 bits per heavy atom. The van der Waals surface area contributed by atoms with E-state index in [9.17, 15) is 13.2 Å². The summed E-state index contributed by atoms with van der Waals surface area (Å²) in [5, 5.41) is 8.95. The molecule has 0 aliphatic heterocycles. The number of carbonyl (C=O) groups excluding carboxylic acids is 1. The van der Waals surface area contributed by atoms with Gasteiger partial charge in [-0.05, 0) is 28.1 Å². The smallest absolute Gasteiger partial charge is 0.308 e. The SMILES string of the molecule is N#CONS(=O)(=O)c1ccccc1-c1ccc(Cn2c(-c3ccccc3)nc(Cl)c2C=O)c(Cl)c1. The molecule has 0 atom stereocenters. The largest absolute Gasteiger partial charge is 0.316 e. The third-order valence-corrected chi connectivity index (χ3v) is 7.04. The number of nitrogens with zero attached hydrogens (tertiary/aromatic N) is 3. The Morgan fingerprint density at radius 3 is 2.43 bits per heavy atom. The van der Waals surface area contributed by atoms with Crippen LogP contribution in [0.3, 0.4) is 0 Å². The first-order valence-electron chi connectivity index (χ1n) is 10.1. The molecule has 0 saturated carbocycles. The summed E-state index contributed by atoms with van der Waals surface area (Å²) in [7, 11) is -4.12. The molecule has 0 fully saturated rings. The highest BCUT2D eigenvalue weighted by Gasteiger charge is 2.21. The van der Waals surface area contributed by atoms with Crippen molar-refractivity contribution in [3.63, 3.8) is 0 Å². The van der Waals surface area contributed by atoms with Crippen LogP contribution in [-0.4, -0.2) is 24.3 Å². The van der Waals surface area contributed by atoms with Gasteiger partial charge in [-0.1, -0.05) is 83.9 Å². The number of rotatable bonds is 8. The summed E-state index contributed by atoms with van der Waals surface area (Å²) in [5.74, 6) is 0.512. The molecule has 1 heterocycles. The van der Waals surface area contributed by atoms with Gasteiger partial charge in [-0.15, -0.1) is 5.26 Å². The summed E-state index contributed by atoms with van der Waals surface area (Å²) >= 11 is 12.8. The minimum atomic E-state index is -4.12. The summed E-state index contributed by atoms with van der Waals surface area (Å²) in [4.78, 5) is 22.0. The minimum Gasteiger partial charge on any atom is -0.316 e. The Morgan fingerprint density at radius 1 is 1.03 bits per heavy atom. The standard InChI is InChI=1S/C24H16Cl2N4O4S/c25-20-12-17(19-8-4-5-9-22(19)35(32,33)29-34-15-27)10-11-18(20)13-30-21(14-31)23(26)28-24(30)16-6-2-1-3-7-16/h1-12,14,29H,13H2. The molecule has 0 radical (unpaired) electrons.